The van der Waals surface area contributed by atoms with Gasteiger partial charge in [-0.2, -0.15) is 0 Å². The molecule has 0 bridgehead atoms. The molecule has 2 saturated heterocycles. The highest BCUT2D eigenvalue weighted by Crippen LogP contribution is 2.38. The van der Waals surface area contributed by atoms with Gasteiger partial charge in [0.2, 0.25) is 5.91 Å². The van der Waals surface area contributed by atoms with E-state index in [-0.39, 0.29) is 34.6 Å². The maximum Gasteiger partial charge on any atom is 0.269 e. The second kappa shape index (κ2) is 9.90. The molecule has 1 N–H and O–H groups in total. The lowest BCUT2D eigenvalue weighted by atomic mass is 9.83. The minimum atomic E-state index is -0.372. The summed E-state index contributed by atoms with van der Waals surface area (Å²) in [6, 6.07) is 12.9. The number of anilines is 1. The van der Waals surface area contributed by atoms with Gasteiger partial charge in [-0.25, -0.2) is 0 Å². The Kier molecular flexibility index (Phi) is 6.72. The topological polar surface area (TPSA) is 87.9 Å². The summed E-state index contributed by atoms with van der Waals surface area (Å²) in [5.41, 5.74) is 3.12. The molecule has 34 heavy (non-hydrogen) atoms. The number of carbonyl (C=O) groups excluding carboxylic acids is 1. The summed E-state index contributed by atoms with van der Waals surface area (Å²) in [7, 11) is 0. The van der Waals surface area contributed by atoms with Crippen molar-refractivity contribution in [1.82, 2.24) is 10.2 Å². The van der Waals surface area contributed by atoms with Crippen LogP contribution in [0.4, 0.5) is 11.4 Å². The normalized spacial score (nSPS) is 24.4. The van der Waals surface area contributed by atoms with E-state index in [1.807, 2.05) is 30.3 Å². The molecule has 3 atom stereocenters. The number of ether oxygens (including phenoxy) is 1. The Labute approximate surface area is 204 Å². The van der Waals surface area contributed by atoms with Gasteiger partial charge in [-0.15, -0.1) is 0 Å². The molecule has 0 saturated carbocycles. The number of nitro groups is 1. The van der Waals surface area contributed by atoms with Crippen molar-refractivity contribution in [2.45, 2.75) is 38.0 Å². The van der Waals surface area contributed by atoms with Crippen LogP contribution in [0.5, 0.6) is 0 Å². The number of amides is 1. The summed E-state index contributed by atoms with van der Waals surface area (Å²) in [6.07, 6.45) is 2.55. The predicted octanol–water partition coefficient (Wildman–Crippen LogP) is 3.41. The van der Waals surface area contributed by atoms with Crippen LogP contribution in [0.15, 0.2) is 42.5 Å². The van der Waals surface area contributed by atoms with Gasteiger partial charge in [0.1, 0.15) is 0 Å². The first-order valence-electron chi connectivity index (χ1n) is 11.9. The number of non-ortho nitro benzene ring substituents is 1. The van der Waals surface area contributed by atoms with E-state index in [4.69, 9.17) is 16.3 Å². The van der Waals surface area contributed by atoms with Crippen molar-refractivity contribution in [2.24, 2.45) is 5.92 Å². The van der Waals surface area contributed by atoms with E-state index in [9.17, 15) is 14.9 Å². The first kappa shape index (κ1) is 23.1. The molecule has 180 valence electrons. The highest BCUT2D eigenvalue weighted by atomic mass is 35.5. The van der Waals surface area contributed by atoms with E-state index in [1.165, 1.54) is 5.56 Å². The van der Waals surface area contributed by atoms with Crippen molar-refractivity contribution in [2.75, 3.05) is 37.7 Å². The van der Waals surface area contributed by atoms with Gasteiger partial charge in [-0.05, 0) is 48.6 Å². The van der Waals surface area contributed by atoms with Crippen LogP contribution >= 0.6 is 11.6 Å². The lowest BCUT2D eigenvalue weighted by Crippen LogP contribution is -2.61. The van der Waals surface area contributed by atoms with Gasteiger partial charge in [0.25, 0.3) is 5.69 Å². The number of benzene rings is 2. The Morgan fingerprint density at radius 2 is 2.03 bits per heavy atom. The third-order valence-corrected chi connectivity index (χ3v) is 7.43. The largest absolute Gasteiger partial charge is 0.376 e. The van der Waals surface area contributed by atoms with Crippen LogP contribution in [-0.2, 0) is 22.5 Å². The summed E-state index contributed by atoms with van der Waals surface area (Å²) < 4.78 is 5.67. The highest BCUT2D eigenvalue weighted by Gasteiger charge is 2.42. The number of carbonyl (C=O) groups is 1. The number of hydrogen-bond acceptors (Lipinski definition) is 6. The minimum Gasteiger partial charge on any atom is -0.376 e. The molecule has 0 aromatic heterocycles. The molecular formula is C25H29ClN4O4. The zero-order chi connectivity index (χ0) is 23.7. The SMILES string of the molecule is O=C(NC[C@@H]1CCCO1)[C@@H]1Cc2cc([N+](=O)[O-])ccc2N2CCN(Cc3ccc(Cl)cc3)C[C@H]12. The number of hydrogen-bond donors (Lipinski definition) is 1. The van der Waals surface area contributed by atoms with Crippen molar-refractivity contribution < 1.29 is 14.5 Å². The number of rotatable bonds is 6. The second-order valence-electron chi connectivity index (χ2n) is 9.38. The van der Waals surface area contributed by atoms with Crippen LogP contribution in [0, 0.1) is 16.0 Å². The van der Waals surface area contributed by atoms with Crippen molar-refractivity contribution in [3.05, 3.63) is 68.7 Å². The fourth-order valence-corrected chi connectivity index (χ4v) is 5.55. The van der Waals surface area contributed by atoms with E-state index < -0.39 is 0 Å². The molecule has 9 heteroatoms. The second-order valence-corrected chi connectivity index (χ2v) is 9.82. The summed E-state index contributed by atoms with van der Waals surface area (Å²) in [5.74, 6) is -0.292. The number of nitrogens with one attached hydrogen (secondary N) is 1. The highest BCUT2D eigenvalue weighted by molar-refractivity contribution is 6.30. The molecule has 2 fully saturated rings. The van der Waals surface area contributed by atoms with Crippen LogP contribution in [0.1, 0.15) is 24.0 Å². The average molecular weight is 485 g/mol. The maximum absolute atomic E-state index is 13.4. The average Bonchev–Trinajstić information content (AvgIpc) is 3.36. The molecule has 3 aliphatic rings. The predicted molar refractivity (Wildman–Crippen MR) is 130 cm³/mol. The zero-order valence-corrected chi connectivity index (χ0v) is 19.7. The lowest BCUT2D eigenvalue weighted by molar-refractivity contribution is -0.384. The van der Waals surface area contributed by atoms with Crippen molar-refractivity contribution in [1.29, 1.82) is 0 Å². The fourth-order valence-electron chi connectivity index (χ4n) is 5.42. The van der Waals surface area contributed by atoms with Crippen molar-refractivity contribution >= 4 is 28.9 Å². The number of nitrogens with zero attached hydrogens (tertiary/aromatic N) is 3. The molecule has 8 nitrogen and oxygen atoms in total. The van der Waals surface area contributed by atoms with Gasteiger partial charge >= 0.3 is 0 Å². The molecule has 2 aromatic carbocycles. The van der Waals surface area contributed by atoms with Crippen LogP contribution < -0.4 is 10.2 Å². The molecule has 1 amide bonds. The van der Waals surface area contributed by atoms with Gasteiger partial charge in [0, 0.05) is 62.2 Å². The molecule has 3 heterocycles. The Hall–Kier alpha value is -2.68. The van der Waals surface area contributed by atoms with Gasteiger partial charge in [0.15, 0.2) is 0 Å². The third-order valence-electron chi connectivity index (χ3n) is 7.17. The van der Waals surface area contributed by atoms with Crippen molar-refractivity contribution in [3.63, 3.8) is 0 Å². The standard InChI is InChI=1S/C25H29ClN4O4/c26-19-5-3-17(4-6-19)15-28-9-10-29-23-8-7-20(30(32)33)12-18(23)13-22(24(29)16-28)25(31)27-14-21-2-1-11-34-21/h3-8,12,21-22,24H,1-2,9-11,13-16H2,(H,27,31)/t21-,22+,24+/m0/s1. The minimum absolute atomic E-state index is 0.000460. The van der Waals surface area contributed by atoms with E-state index in [1.54, 1.807) is 12.1 Å². The number of nitro benzene ring substituents is 1. The smallest absolute Gasteiger partial charge is 0.269 e. The quantitative estimate of drug-likeness (QED) is 0.499. The molecule has 2 aromatic rings. The van der Waals surface area contributed by atoms with E-state index >= 15 is 0 Å². The Balaban J connectivity index is 1.37. The van der Waals surface area contributed by atoms with E-state index in [0.717, 1.165) is 61.9 Å². The molecule has 0 unspecified atom stereocenters. The summed E-state index contributed by atoms with van der Waals surface area (Å²) in [4.78, 5) is 29.0. The first-order valence-corrected chi connectivity index (χ1v) is 12.3. The lowest BCUT2D eigenvalue weighted by Gasteiger charge is -2.49. The maximum atomic E-state index is 13.4. The zero-order valence-electron chi connectivity index (χ0n) is 19.0. The number of piperazine rings is 1. The Morgan fingerprint density at radius 3 is 2.76 bits per heavy atom. The van der Waals surface area contributed by atoms with E-state index in [2.05, 4.69) is 15.1 Å². The number of fused-ring (bicyclic) bond motifs is 3. The van der Waals surface area contributed by atoms with Gasteiger partial charge in [-0.3, -0.25) is 19.8 Å². The van der Waals surface area contributed by atoms with E-state index in [0.29, 0.717) is 13.0 Å². The summed E-state index contributed by atoms with van der Waals surface area (Å²) in [6.45, 7) is 4.41. The van der Waals surface area contributed by atoms with Crippen LogP contribution in [0.3, 0.4) is 0 Å². The monoisotopic (exact) mass is 484 g/mol. The molecular weight excluding hydrogens is 456 g/mol. The van der Waals surface area contributed by atoms with Gasteiger partial charge in [0.05, 0.1) is 23.0 Å². The third kappa shape index (κ3) is 4.89. The first-order chi connectivity index (χ1) is 16.5. The number of halogens is 1. The molecule has 0 radical (unpaired) electrons. The van der Waals surface area contributed by atoms with Gasteiger partial charge < -0.3 is 15.0 Å². The van der Waals surface area contributed by atoms with Crippen LogP contribution in [0.2, 0.25) is 5.02 Å². The summed E-state index contributed by atoms with van der Waals surface area (Å²) in [5, 5.41) is 15.2. The molecule has 0 spiro atoms. The van der Waals surface area contributed by atoms with Crippen LogP contribution in [-0.4, -0.2) is 60.7 Å². The van der Waals surface area contributed by atoms with Crippen molar-refractivity contribution in [3.8, 4) is 0 Å². The molecule has 3 aliphatic heterocycles. The Bertz CT molecular complexity index is 1060. The van der Waals surface area contributed by atoms with Crippen LogP contribution in [0.25, 0.3) is 0 Å². The Morgan fingerprint density at radius 1 is 1.21 bits per heavy atom. The fraction of sp³-hybridized carbons (Fsp3) is 0.480. The summed E-state index contributed by atoms with van der Waals surface area (Å²) >= 11 is 6.04. The molecule has 0 aliphatic carbocycles. The molecule has 5 rings (SSSR count). The van der Waals surface area contributed by atoms with Gasteiger partial charge in [-0.1, -0.05) is 23.7 Å².